The second kappa shape index (κ2) is 7.86. The van der Waals surface area contributed by atoms with E-state index in [-0.39, 0.29) is 5.91 Å². The molecular weight excluding hydrogens is 362 g/mol. The number of thiazole rings is 1. The van der Waals surface area contributed by atoms with E-state index in [1.165, 1.54) is 24.2 Å². The molecule has 2 bridgehead atoms. The highest BCUT2D eigenvalue weighted by atomic mass is 32.1. The third kappa shape index (κ3) is 4.09. The van der Waals surface area contributed by atoms with Gasteiger partial charge in [-0.3, -0.25) is 4.79 Å². The lowest BCUT2D eigenvalue weighted by Gasteiger charge is -2.28. The molecule has 2 fully saturated rings. The molecule has 2 unspecified atom stereocenters. The maximum atomic E-state index is 12.5. The Morgan fingerprint density at radius 2 is 2.04 bits per heavy atom. The second-order valence-corrected chi connectivity index (χ2v) is 8.19. The molecule has 0 aliphatic carbocycles. The fourth-order valence-corrected chi connectivity index (χ4v) is 4.97. The molecule has 1 amide bonds. The lowest BCUT2D eigenvalue weighted by Crippen LogP contribution is -2.39. The third-order valence-corrected chi connectivity index (χ3v) is 6.24. The zero-order chi connectivity index (χ0) is 18.8. The van der Waals surface area contributed by atoms with Crippen LogP contribution in [0.4, 0.5) is 5.13 Å². The predicted octanol–water partition coefficient (Wildman–Crippen LogP) is 3.69. The highest BCUT2D eigenvalue weighted by molar-refractivity contribution is 7.14. The Balaban J connectivity index is 1.41. The molecule has 3 heterocycles. The molecule has 2 aliphatic rings. The molecule has 7 heteroatoms. The standard InChI is InChI=1S/C20H25N3O3S/c1-25-15-5-6-18(26-2)16(10-15)17-11-27-20(22-17)23-19(24)9-12-7-13-3-4-14(8-12)21-13/h5-6,10-14,21H,3-4,7-9H2,1-2H3,(H,22,23,24). The number of nitrogens with zero attached hydrogens (tertiary/aromatic N) is 1. The number of hydrogen-bond acceptors (Lipinski definition) is 6. The van der Waals surface area contributed by atoms with Crippen molar-refractivity contribution in [3.05, 3.63) is 23.6 Å². The molecule has 2 saturated heterocycles. The number of methoxy groups -OCH3 is 2. The molecule has 6 nitrogen and oxygen atoms in total. The normalized spacial score (nSPS) is 23.9. The van der Waals surface area contributed by atoms with E-state index in [4.69, 9.17) is 9.47 Å². The highest BCUT2D eigenvalue weighted by Gasteiger charge is 2.34. The first-order valence-electron chi connectivity index (χ1n) is 9.38. The van der Waals surface area contributed by atoms with E-state index < -0.39 is 0 Å². The number of nitrogens with one attached hydrogen (secondary N) is 2. The third-order valence-electron chi connectivity index (χ3n) is 5.48. The van der Waals surface area contributed by atoms with Gasteiger partial charge in [-0.05, 0) is 49.8 Å². The lowest BCUT2D eigenvalue weighted by atomic mass is 9.89. The summed E-state index contributed by atoms with van der Waals surface area (Å²) in [5, 5.41) is 9.14. The molecule has 2 atom stereocenters. The Labute approximate surface area is 163 Å². The Morgan fingerprint density at radius 1 is 1.26 bits per heavy atom. The molecule has 0 radical (unpaired) electrons. The van der Waals surface area contributed by atoms with Crippen molar-refractivity contribution in [2.75, 3.05) is 19.5 Å². The SMILES string of the molecule is COc1ccc(OC)c(-c2csc(NC(=O)CC3CC4CCC(C3)N4)n2)c1. The summed E-state index contributed by atoms with van der Waals surface area (Å²) in [6, 6.07) is 6.81. The highest BCUT2D eigenvalue weighted by Crippen LogP contribution is 2.36. The van der Waals surface area contributed by atoms with Crippen LogP contribution in [-0.4, -0.2) is 37.2 Å². The summed E-state index contributed by atoms with van der Waals surface area (Å²) in [5.74, 6) is 2.00. The maximum absolute atomic E-state index is 12.5. The second-order valence-electron chi connectivity index (χ2n) is 7.33. The number of amides is 1. The number of rotatable bonds is 6. The first-order chi connectivity index (χ1) is 13.1. The number of piperidine rings is 1. The van der Waals surface area contributed by atoms with E-state index in [0.717, 1.165) is 35.6 Å². The van der Waals surface area contributed by atoms with Crippen LogP contribution >= 0.6 is 11.3 Å². The number of carbonyl (C=O) groups excluding carboxylic acids is 1. The number of benzene rings is 1. The van der Waals surface area contributed by atoms with Gasteiger partial charge in [0.05, 0.1) is 19.9 Å². The zero-order valence-electron chi connectivity index (χ0n) is 15.7. The van der Waals surface area contributed by atoms with Gasteiger partial charge in [0.2, 0.25) is 5.91 Å². The van der Waals surface area contributed by atoms with Gasteiger partial charge >= 0.3 is 0 Å². The number of aromatic nitrogens is 1. The quantitative estimate of drug-likeness (QED) is 0.791. The van der Waals surface area contributed by atoms with Crippen molar-refractivity contribution in [2.45, 2.75) is 44.2 Å². The molecule has 4 rings (SSSR count). The van der Waals surface area contributed by atoms with Gasteiger partial charge in [0.15, 0.2) is 5.13 Å². The minimum absolute atomic E-state index is 0.0554. The van der Waals surface area contributed by atoms with Crippen molar-refractivity contribution in [1.82, 2.24) is 10.3 Å². The average molecular weight is 388 g/mol. The summed E-state index contributed by atoms with van der Waals surface area (Å²) in [7, 11) is 3.26. The first kappa shape index (κ1) is 18.3. The molecular formula is C20H25N3O3S. The van der Waals surface area contributed by atoms with Gasteiger partial charge in [0.1, 0.15) is 11.5 Å². The van der Waals surface area contributed by atoms with E-state index in [9.17, 15) is 4.79 Å². The molecule has 0 saturated carbocycles. The molecule has 0 spiro atoms. The number of ether oxygens (including phenoxy) is 2. The van der Waals surface area contributed by atoms with E-state index in [2.05, 4.69) is 15.6 Å². The van der Waals surface area contributed by atoms with E-state index >= 15 is 0 Å². The number of hydrogen-bond donors (Lipinski definition) is 2. The first-order valence-corrected chi connectivity index (χ1v) is 10.3. The summed E-state index contributed by atoms with van der Waals surface area (Å²) in [4.78, 5) is 17.1. The molecule has 1 aromatic carbocycles. The topological polar surface area (TPSA) is 72.5 Å². The van der Waals surface area contributed by atoms with Crippen molar-refractivity contribution >= 4 is 22.4 Å². The van der Waals surface area contributed by atoms with E-state index in [1.54, 1.807) is 14.2 Å². The maximum Gasteiger partial charge on any atom is 0.226 e. The summed E-state index contributed by atoms with van der Waals surface area (Å²) in [6.45, 7) is 0. The van der Waals surface area contributed by atoms with Crippen LogP contribution in [0.1, 0.15) is 32.1 Å². The summed E-state index contributed by atoms with van der Waals surface area (Å²) >= 11 is 1.43. The summed E-state index contributed by atoms with van der Waals surface area (Å²) in [5.41, 5.74) is 1.62. The van der Waals surface area contributed by atoms with E-state index in [1.807, 2.05) is 23.6 Å². The van der Waals surface area contributed by atoms with Crippen molar-refractivity contribution in [3.8, 4) is 22.8 Å². The molecule has 2 aromatic rings. The Bertz CT molecular complexity index is 811. The minimum atomic E-state index is 0.0554. The van der Waals surface area contributed by atoms with Crippen molar-refractivity contribution in [2.24, 2.45) is 5.92 Å². The van der Waals surface area contributed by atoms with Crippen LogP contribution in [0.25, 0.3) is 11.3 Å². The number of carbonyl (C=O) groups is 1. The van der Waals surface area contributed by atoms with Gasteiger partial charge in [-0.2, -0.15) is 0 Å². The van der Waals surface area contributed by atoms with Crippen LogP contribution in [0.3, 0.4) is 0 Å². The smallest absolute Gasteiger partial charge is 0.226 e. The Morgan fingerprint density at radius 3 is 2.74 bits per heavy atom. The average Bonchev–Trinajstić information content (AvgIpc) is 3.27. The molecule has 1 aromatic heterocycles. The van der Waals surface area contributed by atoms with Gasteiger partial charge in [-0.25, -0.2) is 4.98 Å². The summed E-state index contributed by atoms with van der Waals surface area (Å²) < 4.78 is 10.7. The van der Waals surface area contributed by atoms with Crippen molar-refractivity contribution in [3.63, 3.8) is 0 Å². The van der Waals surface area contributed by atoms with Crippen LogP contribution in [0.2, 0.25) is 0 Å². The zero-order valence-corrected chi connectivity index (χ0v) is 16.5. The van der Waals surface area contributed by atoms with Crippen LogP contribution in [0.15, 0.2) is 23.6 Å². The monoisotopic (exact) mass is 387 g/mol. The van der Waals surface area contributed by atoms with Gasteiger partial charge in [-0.15, -0.1) is 11.3 Å². The molecule has 144 valence electrons. The van der Waals surface area contributed by atoms with Gasteiger partial charge in [0.25, 0.3) is 0 Å². The van der Waals surface area contributed by atoms with Gasteiger partial charge in [0, 0.05) is 29.4 Å². The van der Waals surface area contributed by atoms with Gasteiger partial charge in [-0.1, -0.05) is 0 Å². The summed E-state index contributed by atoms with van der Waals surface area (Å²) in [6.07, 6.45) is 5.29. The van der Waals surface area contributed by atoms with Crippen molar-refractivity contribution in [1.29, 1.82) is 0 Å². The van der Waals surface area contributed by atoms with Crippen LogP contribution in [0.5, 0.6) is 11.5 Å². The van der Waals surface area contributed by atoms with Crippen LogP contribution in [0, 0.1) is 5.92 Å². The number of fused-ring (bicyclic) bond motifs is 2. The fourth-order valence-electron chi connectivity index (χ4n) is 4.24. The Kier molecular flexibility index (Phi) is 5.31. The van der Waals surface area contributed by atoms with Gasteiger partial charge < -0.3 is 20.1 Å². The van der Waals surface area contributed by atoms with Crippen molar-refractivity contribution < 1.29 is 14.3 Å². The fraction of sp³-hybridized carbons (Fsp3) is 0.500. The largest absolute Gasteiger partial charge is 0.497 e. The van der Waals surface area contributed by atoms with E-state index in [0.29, 0.717) is 29.6 Å². The van der Waals surface area contributed by atoms with Crippen LogP contribution in [-0.2, 0) is 4.79 Å². The molecule has 2 N–H and O–H groups in total. The Hall–Kier alpha value is -2.12. The molecule has 2 aliphatic heterocycles. The van der Waals surface area contributed by atoms with Crippen LogP contribution < -0.4 is 20.1 Å². The predicted molar refractivity (Wildman–Crippen MR) is 107 cm³/mol. The minimum Gasteiger partial charge on any atom is -0.497 e. The molecule has 27 heavy (non-hydrogen) atoms. The number of anilines is 1. The lowest BCUT2D eigenvalue weighted by molar-refractivity contribution is -0.117.